The summed E-state index contributed by atoms with van der Waals surface area (Å²) in [4.78, 5) is 1.31. The summed E-state index contributed by atoms with van der Waals surface area (Å²) in [6, 6.07) is 1.72. The van der Waals surface area contributed by atoms with Crippen LogP contribution >= 0.6 is 27.3 Å². The van der Waals surface area contributed by atoms with E-state index in [1.807, 2.05) is 6.92 Å². The van der Waals surface area contributed by atoms with Crippen molar-refractivity contribution in [1.29, 1.82) is 0 Å². The van der Waals surface area contributed by atoms with Crippen LogP contribution in [0.2, 0.25) is 0 Å². The quantitative estimate of drug-likeness (QED) is 0.707. The van der Waals surface area contributed by atoms with Gasteiger partial charge in [0.1, 0.15) is 4.90 Å². The average Bonchev–Trinajstić information content (AvgIpc) is 2.77. The third-order valence-corrected chi connectivity index (χ3v) is 7.48. The molecule has 5 nitrogen and oxygen atoms in total. The Kier molecular flexibility index (Phi) is 5.84. The molecule has 1 saturated carbocycles. The molecule has 0 atom stereocenters. The van der Waals surface area contributed by atoms with Crippen LogP contribution in [0.3, 0.4) is 0 Å². The van der Waals surface area contributed by atoms with Gasteiger partial charge in [0, 0.05) is 25.1 Å². The van der Waals surface area contributed by atoms with E-state index in [9.17, 15) is 8.42 Å². The number of nitrogens with one attached hydrogen (secondary N) is 2. The summed E-state index contributed by atoms with van der Waals surface area (Å²) in [6.07, 6.45) is 2.90. The number of hydrogen-bond donors (Lipinski definition) is 2. The minimum absolute atomic E-state index is 0.311. The molecule has 0 saturated heterocycles. The third kappa shape index (κ3) is 4.05. The smallest absolute Gasteiger partial charge is 0.242 e. The largest absolute Gasteiger partial charge is 0.377 e. The summed E-state index contributed by atoms with van der Waals surface area (Å²) in [5.74, 6) is 0. The first kappa shape index (κ1) is 17.4. The molecule has 1 aromatic rings. The Balaban J connectivity index is 2.06. The van der Waals surface area contributed by atoms with Crippen LogP contribution in [0.4, 0.5) is 0 Å². The lowest BCUT2D eigenvalue weighted by Gasteiger charge is -2.40. The zero-order valence-corrected chi connectivity index (χ0v) is 15.5. The average molecular weight is 397 g/mol. The van der Waals surface area contributed by atoms with Gasteiger partial charge < -0.3 is 10.1 Å². The second-order valence-electron chi connectivity index (χ2n) is 5.20. The first-order valence-corrected chi connectivity index (χ1v) is 10.1. The van der Waals surface area contributed by atoms with Gasteiger partial charge in [-0.05, 0) is 47.8 Å². The predicted molar refractivity (Wildman–Crippen MR) is 88.2 cm³/mol. The Bertz CT molecular complexity index is 577. The van der Waals surface area contributed by atoms with Crippen LogP contribution in [0.15, 0.2) is 14.7 Å². The molecule has 2 N–H and O–H groups in total. The van der Waals surface area contributed by atoms with Crippen LogP contribution in [0.25, 0.3) is 0 Å². The maximum Gasteiger partial charge on any atom is 0.242 e. The fraction of sp³-hybridized carbons (Fsp3) is 0.692. The molecule has 0 amide bonds. The molecule has 1 fully saturated rings. The Hall–Kier alpha value is 0.01000. The first-order valence-electron chi connectivity index (χ1n) is 6.96. The molecule has 0 radical (unpaired) electrons. The lowest BCUT2D eigenvalue weighted by Crippen LogP contribution is -2.49. The molecular formula is C13H21BrN2O3S2. The number of methoxy groups -OCH3 is 1. The molecule has 0 spiro atoms. The Morgan fingerprint density at radius 2 is 2.19 bits per heavy atom. The van der Waals surface area contributed by atoms with Gasteiger partial charge in [0.2, 0.25) is 10.0 Å². The highest BCUT2D eigenvalue weighted by Crippen LogP contribution is 2.35. The van der Waals surface area contributed by atoms with Gasteiger partial charge in [0.05, 0.1) is 9.39 Å². The summed E-state index contributed by atoms with van der Waals surface area (Å²) in [6.45, 7) is 3.88. The predicted octanol–water partition coefficient (Wildman–Crippen LogP) is 2.47. The molecule has 1 heterocycles. The molecule has 1 aromatic heterocycles. The number of hydrogen-bond acceptors (Lipinski definition) is 5. The highest BCUT2D eigenvalue weighted by molar-refractivity contribution is 9.11. The SMILES string of the molecule is CCNCc1cc(S(=O)(=O)NCC2(OC)CCC2)c(Br)s1. The van der Waals surface area contributed by atoms with Crippen molar-refractivity contribution in [3.63, 3.8) is 0 Å². The molecule has 8 heteroatoms. The number of sulfonamides is 1. The fourth-order valence-electron chi connectivity index (χ4n) is 2.24. The van der Waals surface area contributed by atoms with Crippen LogP contribution in [-0.4, -0.2) is 34.2 Å². The molecule has 2 rings (SSSR count). The normalized spacial score (nSPS) is 17.7. The Labute approximate surface area is 138 Å². The van der Waals surface area contributed by atoms with Crippen LogP contribution in [0, 0.1) is 0 Å². The first-order chi connectivity index (χ1) is 9.92. The molecule has 21 heavy (non-hydrogen) atoms. The summed E-state index contributed by atoms with van der Waals surface area (Å²) < 4.78 is 33.6. The van der Waals surface area contributed by atoms with Crippen LogP contribution < -0.4 is 10.0 Å². The van der Waals surface area contributed by atoms with E-state index in [0.29, 0.717) is 21.8 Å². The zero-order chi connectivity index (χ0) is 15.5. The minimum atomic E-state index is -3.51. The van der Waals surface area contributed by atoms with E-state index in [1.54, 1.807) is 13.2 Å². The van der Waals surface area contributed by atoms with Gasteiger partial charge in [0.15, 0.2) is 0 Å². The van der Waals surface area contributed by atoms with Gasteiger partial charge >= 0.3 is 0 Å². The van der Waals surface area contributed by atoms with Crippen molar-refractivity contribution in [2.24, 2.45) is 0 Å². The third-order valence-electron chi connectivity index (χ3n) is 3.83. The molecule has 0 unspecified atom stereocenters. The van der Waals surface area contributed by atoms with E-state index < -0.39 is 10.0 Å². The van der Waals surface area contributed by atoms with Gasteiger partial charge in [-0.15, -0.1) is 11.3 Å². The molecular weight excluding hydrogens is 376 g/mol. The van der Waals surface area contributed by atoms with E-state index in [1.165, 1.54) is 11.3 Å². The fourth-order valence-corrected chi connectivity index (χ4v) is 6.01. The van der Waals surface area contributed by atoms with Crippen molar-refractivity contribution in [2.75, 3.05) is 20.2 Å². The zero-order valence-electron chi connectivity index (χ0n) is 12.2. The highest BCUT2D eigenvalue weighted by atomic mass is 79.9. The van der Waals surface area contributed by atoms with Crippen molar-refractivity contribution in [3.8, 4) is 0 Å². The van der Waals surface area contributed by atoms with Gasteiger partial charge in [-0.3, -0.25) is 0 Å². The van der Waals surface area contributed by atoms with E-state index >= 15 is 0 Å². The highest BCUT2D eigenvalue weighted by Gasteiger charge is 2.38. The number of ether oxygens (including phenoxy) is 1. The summed E-state index contributed by atoms with van der Waals surface area (Å²) in [7, 11) is -1.87. The monoisotopic (exact) mass is 396 g/mol. The van der Waals surface area contributed by atoms with E-state index in [4.69, 9.17) is 4.74 Å². The van der Waals surface area contributed by atoms with Crippen molar-refractivity contribution in [2.45, 2.75) is 43.2 Å². The maximum atomic E-state index is 12.4. The van der Waals surface area contributed by atoms with Crippen LogP contribution in [0.1, 0.15) is 31.1 Å². The van der Waals surface area contributed by atoms with Crippen LogP contribution in [-0.2, 0) is 21.3 Å². The second kappa shape index (κ2) is 7.06. The molecule has 0 bridgehead atoms. The van der Waals surface area contributed by atoms with Gasteiger partial charge in [-0.1, -0.05) is 6.92 Å². The van der Waals surface area contributed by atoms with Gasteiger partial charge in [0.25, 0.3) is 0 Å². The minimum Gasteiger partial charge on any atom is -0.377 e. The van der Waals surface area contributed by atoms with E-state index in [2.05, 4.69) is 26.0 Å². The van der Waals surface area contributed by atoms with Crippen molar-refractivity contribution in [1.82, 2.24) is 10.0 Å². The Morgan fingerprint density at radius 3 is 2.71 bits per heavy atom. The molecule has 0 aliphatic heterocycles. The molecule has 0 aromatic carbocycles. The number of rotatable bonds is 8. The Morgan fingerprint density at radius 1 is 1.48 bits per heavy atom. The van der Waals surface area contributed by atoms with Crippen molar-refractivity contribution < 1.29 is 13.2 Å². The standard InChI is InChI=1S/C13H21BrN2O3S2/c1-3-15-8-10-7-11(12(14)20-10)21(17,18)16-9-13(19-2)5-4-6-13/h7,15-16H,3-6,8-9H2,1-2H3. The lowest BCUT2D eigenvalue weighted by atomic mass is 9.80. The van der Waals surface area contributed by atoms with Gasteiger partial charge in [-0.25, -0.2) is 13.1 Å². The van der Waals surface area contributed by atoms with E-state index in [-0.39, 0.29) is 5.60 Å². The summed E-state index contributed by atoms with van der Waals surface area (Å²) >= 11 is 4.80. The number of thiophene rings is 1. The van der Waals surface area contributed by atoms with Gasteiger partial charge in [-0.2, -0.15) is 0 Å². The molecule has 120 valence electrons. The second-order valence-corrected chi connectivity index (χ2v) is 9.39. The summed E-state index contributed by atoms with van der Waals surface area (Å²) in [5, 5.41) is 3.19. The summed E-state index contributed by atoms with van der Waals surface area (Å²) in [5.41, 5.74) is -0.317. The van der Waals surface area contributed by atoms with Crippen molar-refractivity contribution >= 4 is 37.3 Å². The van der Waals surface area contributed by atoms with E-state index in [0.717, 1.165) is 30.7 Å². The molecule has 1 aliphatic rings. The molecule has 1 aliphatic carbocycles. The lowest BCUT2D eigenvalue weighted by molar-refractivity contribution is -0.0659. The topological polar surface area (TPSA) is 67.4 Å². The van der Waals surface area contributed by atoms with Crippen LogP contribution in [0.5, 0.6) is 0 Å². The number of halogens is 1. The van der Waals surface area contributed by atoms with Crippen molar-refractivity contribution in [3.05, 3.63) is 14.7 Å². The maximum absolute atomic E-state index is 12.4.